The summed E-state index contributed by atoms with van der Waals surface area (Å²) in [5.74, 6) is -0.311. The highest BCUT2D eigenvalue weighted by molar-refractivity contribution is 5.90. The molecule has 0 atom stereocenters. The zero-order valence-electron chi connectivity index (χ0n) is 10.4. The molecule has 2 N–H and O–H groups in total. The molecule has 0 aliphatic heterocycles. The average Bonchev–Trinajstić information content (AvgIpc) is 2.89. The van der Waals surface area contributed by atoms with E-state index in [2.05, 4.69) is 19.7 Å². The first-order valence-electron chi connectivity index (χ1n) is 5.85. The molecule has 3 rings (SSSR count). The Morgan fingerprint density at radius 1 is 1.10 bits per heavy atom. The van der Waals surface area contributed by atoms with E-state index in [-0.39, 0.29) is 11.3 Å². The molecule has 0 unspecified atom stereocenters. The van der Waals surface area contributed by atoms with E-state index in [1.54, 1.807) is 0 Å². The fourth-order valence-electron chi connectivity index (χ4n) is 2.01. The minimum Gasteiger partial charge on any atom is -0.406 e. The molecular weight excluding hydrogens is 287 g/mol. The smallest absolute Gasteiger partial charge is 0.406 e. The third-order valence-electron chi connectivity index (χ3n) is 2.87. The third kappa shape index (κ3) is 2.60. The van der Waals surface area contributed by atoms with Crippen molar-refractivity contribution in [3.63, 3.8) is 0 Å². The number of rotatable bonds is 2. The number of fused-ring (bicyclic) bond motifs is 1. The Kier molecular flexibility index (Phi) is 2.93. The van der Waals surface area contributed by atoms with Crippen LogP contribution in [0.1, 0.15) is 0 Å². The average molecular weight is 295 g/mol. The van der Waals surface area contributed by atoms with Gasteiger partial charge in [-0.3, -0.25) is 4.79 Å². The van der Waals surface area contributed by atoms with Crippen LogP contribution in [-0.2, 0) is 0 Å². The largest absolute Gasteiger partial charge is 0.573 e. The third-order valence-corrected chi connectivity index (χ3v) is 2.87. The number of hydrogen-bond acceptors (Lipinski definition) is 3. The number of hydrogen-bond donors (Lipinski definition) is 2. The van der Waals surface area contributed by atoms with E-state index in [0.717, 1.165) is 0 Å². The van der Waals surface area contributed by atoms with Crippen LogP contribution in [0.3, 0.4) is 0 Å². The van der Waals surface area contributed by atoms with Gasteiger partial charge in [-0.25, -0.2) is 4.98 Å². The first-order valence-corrected chi connectivity index (χ1v) is 5.85. The Morgan fingerprint density at radius 2 is 1.81 bits per heavy atom. The lowest BCUT2D eigenvalue weighted by Crippen LogP contribution is -2.16. The second kappa shape index (κ2) is 4.65. The van der Waals surface area contributed by atoms with Gasteiger partial charge in [0.15, 0.2) is 0 Å². The van der Waals surface area contributed by atoms with Gasteiger partial charge in [-0.05, 0) is 17.7 Å². The second-order valence-corrected chi connectivity index (χ2v) is 4.23. The lowest BCUT2D eigenvalue weighted by Gasteiger charge is -2.09. The summed E-state index contributed by atoms with van der Waals surface area (Å²) < 4.78 is 40.1. The number of nitrogens with one attached hydrogen (secondary N) is 2. The Labute approximate surface area is 115 Å². The molecule has 2 aromatic heterocycles. The van der Waals surface area contributed by atoms with Crippen LogP contribution >= 0.6 is 0 Å². The maximum Gasteiger partial charge on any atom is 0.573 e. The molecule has 2 heterocycles. The summed E-state index contributed by atoms with van der Waals surface area (Å²) in [6.07, 6.45) is -1.88. The molecule has 0 bridgehead atoms. The van der Waals surface area contributed by atoms with Gasteiger partial charge in [-0.1, -0.05) is 12.1 Å². The fraction of sp³-hybridized carbons (Fsp3) is 0.0769. The maximum atomic E-state index is 12.1. The first kappa shape index (κ1) is 13.2. The Morgan fingerprint density at radius 3 is 2.48 bits per heavy atom. The number of alkyl halides is 3. The van der Waals surface area contributed by atoms with Crippen molar-refractivity contribution in [3.8, 4) is 16.9 Å². The molecule has 0 aliphatic carbocycles. The van der Waals surface area contributed by atoms with Crippen molar-refractivity contribution in [1.82, 2.24) is 15.0 Å². The fourth-order valence-corrected chi connectivity index (χ4v) is 2.01. The van der Waals surface area contributed by atoms with Gasteiger partial charge < -0.3 is 14.7 Å². The van der Waals surface area contributed by atoms with E-state index in [1.807, 2.05) is 0 Å². The summed E-state index contributed by atoms with van der Waals surface area (Å²) in [5, 5.41) is 0. The topological polar surface area (TPSA) is 70.8 Å². The standard InChI is InChI=1S/C13H8F3N3O2/c14-13(15,16)21-8-3-1-7(2-4-8)9-5-17-12(20)11-10(9)18-6-19-11/h1-6H,(H,17,20)(H,18,19). The summed E-state index contributed by atoms with van der Waals surface area (Å²) in [4.78, 5) is 20.9. The molecule has 0 saturated heterocycles. The van der Waals surface area contributed by atoms with E-state index < -0.39 is 6.36 Å². The van der Waals surface area contributed by atoms with Crippen LogP contribution in [0.25, 0.3) is 22.2 Å². The number of H-pyrrole nitrogens is 2. The van der Waals surface area contributed by atoms with Crippen LogP contribution in [0, 0.1) is 0 Å². The van der Waals surface area contributed by atoms with Gasteiger partial charge in [0, 0.05) is 11.8 Å². The van der Waals surface area contributed by atoms with Crippen LogP contribution < -0.4 is 10.3 Å². The molecule has 1 aromatic carbocycles. The molecule has 0 saturated carbocycles. The zero-order chi connectivity index (χ0) is 15.0. The van der Waals surface area contributed by atoms with Crippen molar-refractivity contribution in [3.05, 3.63) is 47.1 Å². The van der Waals surface area contributed by atoms with Crippen LogP contribution in [0.2, 0.25) is 0 Å². The lowest BCUT2D eigenvalue weighted by atomic mass is 10.1. The summed E-state index contributed by atoms with van der Waals surface area (Å²) >= 11 is 0. The molecule has 0 radical (unpaired) electrons. The molecule has 0 spiro atoms. The van der Waals surface area contributed by atoms with Gasteiger partial charge in [0.05, 0.1) is 6.33 Å². The Hall–Kier alpha value is -2.77. The van der Waals surface area contributed by atoms with Crippen molar-refractivity contribution >= 4 is 11.0 Å². The summed E-state index contributed by atoms with van der Waals surface area (Å²) in [5.41, 5.74) is 1.65. The highest BCUT2D eigenvalue weighted by atomic mass is 19.4. The molecule has 21 heavy (non-hydrogen) atoms. The number of nitrogens with zero attached hydrogens (tertiary/aromatic N) is 1. The number of aromatic nitrogens is 3. The summed E-state index contributed by atoms with van der Waals surface area (Å²) in [7, 11) is 0. The number of halogens is 3. The van der Waals surface area contributed by atoms with E-state index in [1.165, 1.54) is 36.8 Å². The molecule has 0 amide bonds. The van der Waals surface area contributed by atoms with Crippen molar-refractivity contribution in [1.29, 1.82) is 0 Å². The number of benzene rings is 1. The van der Waals surface area contributed by atoms with Crippen molar-refractivity contribution in [2.24, 2.45) is 0 Å². The maximum absolute atomic E-state index is 12.1. The van der Waals surface area contributed by atoms with E-state index in [0.29, 0.717) is 22.2 Å². The van der Waals surface area contributed by atoms with Crippen molar-refractivity contribution in [2.45, 2.75) is 6.36 Å². The number of pyridine rings is 1. The molecular formula is C13H8F3N3O2. The van der Waals surface area contributed by atoms with E-state index in [4.69, 9.17) is 0 Å². The number of ether oxygens (including phenoxy) is 1. The monoisotopic (exact) mass is 295 g/mol. The second-order valence-electron chi connectivity index (χ2n) is 4.23. The van der Waals surface area contributed by atoms with E-state index in [9.17, 15) is 18.0 Å². The molecule has 0 aliphatic rings. The normalized spacial score (nSPS) is 11.8. The quantitative estimate of drug-likeness (QED) is 0.763. The SMILES string of the molecule is O=c1[nH]cc(-c2ccc(OC(F)(F)F)cc2)c2nc[nH]c12. The molecule has 3 aromatic rings. The Balaban J connectivity index is 2.02. The van der Waals surface area contributed by atoms with Gasteiger partial charge >= 0.3 is 6.36 Å². The van der Waals surface area contributed by atoms with Gasteiger partial charge in [0.2, 0.25) is 0 Å². The van der Waals surface area contributed by atoms with Crippen LogP contribution in [0.15, 0.2) is 41.6 Å². The Bertz CT molecular complexity index is 834. The number of aromatic amines is 2. The molecule has 8 heteroatoms. The van der Waals surface area contributed by atoms with Gasteiger partial charge in [-0.2, -0.15) is 0 Å². The van der Waals surface area contributed by atoms with Gasteiger partial charge in [0.25, 0.3) is 5.56 Å². The highest BCUT2D eigenvalue weighted by Gasteiger charge is 2.31. The summed E-state index contributed by atoms with van der Waals surface area (Å²) in [6, 6.07) is 5.32. The molecule has 0 fully saturated rings. The number of imidazole rings is 1. The minimum atomic E-state index is -4.73. The lowest BCUT2D eigenvalue weighted by molar-refractivity contribution is -0.274. The predicted molar refractivity (Wildman–Crippen MR) is 68.8 cm³/mol. The van der Waals surface area contributed by atoms with Crippen molar-refractivity contribution < 1.29 is 17.9 Å². The molecule has 5 nitrogen and oxygen atoms in total. The minimum absolute atomic E-state index is 0.308. The van der Waals surface area contributed by atoms with Gasteiger partial charge in [-0.15, -0.1) is 13.2 Å². The van der Waals surface area contributed by atoms with Crippen LogP contribution in [0.4, 0.5) is 13.2 Å². The first-order chi connectivity index (χ1) is 9.94. The van der Waals surface area contributed by atoms with E-state index >= 15 is 0 Å². The predicted octanol–water partition coefficient (Wildman–Crippen LogP) is 2.82. The summed E-state index contributed by atoms with van der Waals surface area (Å²) in [6.45, 7) is 0. The van der Waals surface area contributed by atoms with Crippen LogP contribution in [-0.4, -0.2) is 21.3 Å². The molecule has 108 valence electrons. The zero-order valence-corrected chi connectivity index (χ0v) is 10.4. The van der Waals surface area contributed by atoms with Crippen LogP contribution in [0.5, 0.6) is 5.75 Å². The van der Waals surface area contributed by atoms with Crippen molar-refractivity contribution in [2.75, 3.05) is 0 Å². The highest BCUT2D eigenvalue weighted by Crippen LogP contribution is 2.28. The van der Waals surface area contributed by atoms with Gasteiger partial charge in [0.1, 0.15) is 16.8 Å².